The van der Waals surface area contributed by atoms with Crippen LogP contribution in [0.25, 0.3) is 0 Å². The minimum absolute atomic E-state index is 0.00262. The summed E-state index contributed by atoms with van der Waals surface area (Å²) in [6, 6.07) is 0.0477. The fraction of sp³-hybridized carbons (Fsp3) is 0.963. The van der Waals surface area contributed by atoms with Gasteiger partial charge in [0.25, 0.3) is 7.82 Å². The highest BCUT2D eigenvalue weighted by Gasteiger charge is 2.34. The van der Waals surface area contributed by atoms with Crippen molar-refractivity contribution in [3.8, 4) is 0 Å². The van der Waals surface area contributed by atoms with E-state index in [0.29, 0.717) is 23.9 Å². The molecule has 0 aromatic carbocycles. The lowest BCUT2D eigenvalue weighted by molar-refractivity contribution is -0.873. The standard InChI is InChI=1S/C27H55N2O5P/c1-5-6-7-8-9-10-11-12-13-14-15-16-17-21-27(30)28-25-20-18-19-24(22-25)26(23-29(2,3)4)34-35(31,32)33/h24-26H,5-23H2,1-4H3,(H2-,28,30,31,32,33)/t24-,25-,26?/m1/s1. The molecule has 1 fully saturated rings. The SMILES string of the molecule is CCCCCCCCCCCCCCCC(=O)N[C@@H]1CCC[C@@H](C(C[N+](C)(C)C)OP(=O)([O-])O)C1. The molecule has 0 aliphatic heterocycles. The molecule has 0 radical (unpaired) electrons. The van der Waals surface area contributed by atoms with Crippen molar-refractivity contribution >= 4 is 13.7 Å². The summed E-state index contributed by atoms with van der Waals surface area (Å²) in [5.41, 5.74) is 0. The fourth-order valence-electron chi connectivity index (χ4n) is 5.28. The van der Waals surface area contributed by atoms with E-state index in [9.17, 15) is 19.1 Å². The van der Waals surface area contributed by atoms with Crippen molar-refractivity contribution in [1.29, 1.82) is 0 Å². The predicted octanol–water partition coefficient (Wildman–Crippen LogP) is 5.69. The molecule has 0 aromatic rings. The number of phosphoric ester groups is 1. The third-order valence-corrected chi connectivity index (χ3v) is 7.65. The number of nitrogens with zero attached hydrogens (tertiary/aromatic N) is 1. The van der Waals surface area contributed by atoms with E-state index in [2.05, 4.69) is 12.2 Å². The minimum atomic E-state index is -4.81. The van der Waals surface area contributed by atoms with Crippen LogP contribution in [0.15, 0.2) is 0 Å². The van der Waals surface area contributed by atoms with Crippen LogP contribution in [0, 0.1) is 5.92 Å². The third kappa shape index (κ3) is 18.4. The van der Waals surface area contributed by atoms with Crippen LogP contribution in [-0.4, -0.2) is 55.1 Å². The van der Waals surface area contributed by atoms with Crippen LogP contribution in [0.4, 0.5) is 0 Å². The second-order valence-corrected chi connectivity index (χ2v) is 12.9. The zero-order valence-electron chi connectivity index (χ0n) is 23.1. The van der Waals surface area contributed by atoms with Crippen LogP contribution < -0.4 is 10.2 Å². The van der Waals surface area contributed by atoms with Gasteiger partial charge in [0.1, 0.15) is 12.6 Å². The molecule has 1 saturated carbocycles. The van der Waals surface area contributed by atoms with E-state index < -0.39 is 13.9 Å². The van der Waals surface area contributed by atoms with Gasteiger partial charge in [0.15, 0.2) is 0 Å². The number of likely N-dealkylation sites (N-methyl/N-ethyl adjacent to an activating group) is 1. The van der Waals surface area contributed by atoms with Crippen LogP contribution >= 0.6 is 7.82 Å². The average molecular weight is 519 g/mol. The fourth-order valence-corrected chi connectivity index (χ4v) is 5.86. The average Bonchev–Trinajstić information content (AvgIpc) is 2.75. The molecule has 0 saturated heterocycles. The molecule has 0 spiro atoms. The highest BCUT2D eigenvalue weighted by molar-refractivity contribution is 7.44. The maximum atomic E-state index is 12.5. The normalized spacial score (nSPS) is 21.4. The molecule has 1 aliphatic carbocycles. The Bertz CT molecular complexity index is 605. The number of carbonyl (C=O) groups is 1. The van der Waals surface area contributed by atoms with E-state index in [4.69, 9.17) is 4.52 Å². The zero-order chi connectivity index (χ0) is 26.2. The highest BCUT2D eigenvalue weighted by atomic mass is 31.2. The van der Waals surface area contributed by atoms with Crippen molar-refractivity contribution in [1.82, 2.24) is 5.32 Å². The van der Waals surface area contributed by atoms with Crippen molar-refractivity contribution in [2.45, 2.75) is 135 Å². The molecule has 0 bridgehead atoms. The first kappa shape index (κ1) is 32.6. The van der Waals surface area contributed by atoms with Gasteiger partial charge in [0, 0.05) is 12.5 Å². The van der Waals surface area contributed by atoms with Crippen LogP contribution in [-0.2, 0) is 13.9 Å². The Morgan fingerprint density at radius 3 is 1.97 bits per heavy atom. The first-order valence-electron chi connectivity index (χ1n) is 14.3. The zero-order valence-corrected chi connectivity index (χ0v) is 24.0. The number of hydrogen-bond acceptors (Lipinski definition) is 4. The largest absolute Gasteiger partial charge is 0.756 e. The Morgan fingerprint density at radius 2 is 1.49 bits per heavy atom. The second-order valence-electron chi connectivity index (χ2n) is 11.8. The number of quaternary nitrogens is 1. The molecule has 4 atom stereocenters. The maximum absolute atomic E-state index is 12.5. The van der Waals surface area contributed by atoms with E-state index in [0.717, 1.165) is 32.1 Å². The quantitative estimate of drug-likeness (QED) is 0.122. The number of amides is 1. The summed E-state index contributed by atoms with van der Waals surface area (Å²) in [5.74, 6) is 0.0941. The third-order valence-electron chi connectivity index (χ3n) is 7.11. The highest BCUT2D eigenvalue weighted by Crippen LogP contribution is 2.39. The molecule has 1 aliphatic rings. The van der Waals surface area contributed by atoms with E-state index in [1.165, 1.54) is 70.6 Å². The smallest absolute Gasteiger partial charge is 0.265 e. The van der Waals surface area contributed by atoms with E-state index >= 15 is 0 Å². The lowest BCUT2D eigenvalue weighted by Gasteiger charge is -2.39. The lowest BCUT2D eigenvalue weighted by atomic mass is 9.82. The first-order chi connectivity index (χ1) is 16.5. The molecule has 208 valence electrons. The molecule has 2 unspecified atom stereocenters. The number of carbonyl (C=O) groups excluding carboxylic acids is 1. The molecule has 8 heteroatoms. The van der Waals surface area contributed by atoms with Crippen molar-refractivity contribution in [2.75, 3.05) is 27.7 Å². The van der Waals surface area contributed by atoms with Crippen molar-refractivity contribution < 1.29 is 28.2 Å². The van der Waals surface area contributed by atoms with Gasteiger partial charge in [-0.3, -0.25) is 9.36 Å². The summed E-state index contributed by atoms with van der Waals surface area (Å²) in [5, 5.41) is 3.16. The predicted molar refractivity (Wildman–Crippen MR) is 142 cm³/mol. The van der Waals surface area contributed by atoms with Gasteiger partial charge < -0.3 is 24.1 Å². The molecule has 35 heavy (non-hydrogen) atoms. The number of nitrogens with one attached hydrogen (secondary N) is 1. The molecular weight excluding hydrogens is 463 g/mol. The topological polar surface area (TPSA) is 98.7 Å². The summed E-state index contributed by atoms with van der Waals surface area (Å²) in [7, 11) is 1.11. The molecular formula is C27H55N2O5P. The monoisotopic (exact) mass is 518 g/mol. The van der Waals surface area contributed by atoms with E-state index in [-0.39, 0.29) is 17.9 Å². The van der Waals surface area contributed by atoms with Crippen LogP contribution in [0.3, 0.4) is 0 Å². The van der Waals surface area contributed by atoms with Gasteiger partial charge in [-0.1, -0.05) is 90.4 Å². The number of hydrogen-bond donors (Lipinski definition) is 2. The van der Waals surface area contributed by atoms with Gasteiger partial charge in [-0.05, 0) is 31.6 Å². The van der Waals surface area contributed by atoms with Gasteiger partial charge in [0.2, 0.25) is 5.91 Å². The summed E-state index contributed by atoms with van der Waals surface area (Å²) in [4.78, 5) is 33.2. The van der Waals surface area contributed by atoms with Crippen LogP contribution in [0.2, 0.25) is 0 Å². The van der Waals surface area contributed by atoms with E-state index in [1.54, 1.807) is 0 Å². The van der Waals surface area contributed by atoms with Gasteiger partial charge in [-0.2, -0.15) is 0 Å². The van der Waals surface area contributed by atoms with Gasteiger partial charge in [0.05, 0.1) is 21.1 Å². The molecule has 0 aromatic heterocycles. The molecule has 1 amide bonds. The van der Waals surface area contributed by atoms with Crippen LogP contribution in [0.5, 0.6) is 0 Å². The van der Waals surface area contributed by atoms with Gasteiger partial charge in [-0.15, -0.1) is 0 Å². The lowest BCUT2D eigenvalue weighted by Crippen LogP contribution is -2.48. The van der Waals surface area contributed by atoms with Crippen molar-refractivity contribution in [3.63, 3.8) is 0 Å². The Balaban J connectivity index is 2.19. The van der Waals surface area contributed by atoms with Gasteiger partial charge >= 0.3 is 0 Å². The van der Waals surface area contributed by atoms with Crippen molar-refractivity contribution in [3.05, 3.63) is 0 Å². The second kappa shape index (κ2) is 17.9. The number of unbranched alkanes of at least 4 members (excludes halogenated alkanes) is 12. The molecule has 1 rings (SSSR count). The van der Waals surface area contributed by atoms with Crippen LogP contribution in [0.1, 0.15) is 122 Å². The number of rotatable bonds is 20. The Labute approximate surface area is 215 Å². The van der Waals surface area contributed by atoms with Crippen molar-refractivity contribution in [2.24, 2.45) is 5.92 Å². The Hall–Kier alpha value is -0.460. The summed E-state index contributed by atoms with van der Waals surface area (Å²) < 4.78 is 17.0. The Kier molecular flexibility index (Phi) is 16.7. The Morgan fingerprint density at radius 1 is 0.971 bits per heavy atom. The summed E-state index contributed by atoms with van der Waals surface area (Å²) in [6.07, 6.45) is 20.1. The van der Waals surface area contributed by atoms with E-state index in [1.807, 2.05) is 21.1 Å². The number of phosphoric acid groups is 1. The molecule has 7 nitrogen and oxygen atoms in total. The molecule has 0 heterocycles. The molecule has 2 N–H and O–H groups in total. The van der Waals surface area contributed by atoms with Gasteiger partial charge in [-0.25, -0.2) is 0 Å². The minimum Gasteiger partial charge on any atom is -0.756 e. The maximum Gasteiger partial charge on any atom is 0.265 e. The summed E-state index contributed by atoms with van der Waals surface area (Å²) >= 11 is 0. The first-order valence-corrected chi connectivity index (χ1v) is 15.8. The summed E-state index contributed by atoms with van der Waals surface area (Å²) in [6.45, 7) is 2.74.